The summed E-state index contributed by atoms with van der Waals surface area (Å²) in [6.45, 7) is 4.42. The molecule has 0 bridgehead atoms. The first kappa shape index (κ1) is 12.3. The van der Waals surface area contributed by atoms with Crippen LogP contribution in [0.25, 0.3) is 11.1 Å². The van der Waals surface area contributed by atoms with Crippen molar-refractivity contribution in [3.05, 3.63) is 18.2 Å². The van der Waals surface area contributed by atoms with Crippen LogP contribution in [0, 0.1) is 0 Å². The Bertz CT molecular complexity index is 560. The van der Waals surface area contributed by atoms with E-state index < -0.39 is 0 Å². The molecule has 0 amide bonds. The van der Waals surface area contributed by atoms with E-state index in [-0.39, 0.29) is 0 Å². The van der Waals surface area contributed by atoms with Crippen molar-refractivity contribution in [2.45, 2.75) is 12.8 Å². The monoisotopic (exact) mass is 260 g/mol. The Morgan fingerprint density at radius 3 is 2.89 bits per heavy atom. The quantitative estimate of drug-likeness (QED) is 0.851. The van der Waals surface area contributed by atoms with Gasteiger partial charge in [-0.1, -0.05) is 6.07 Å². The van der Waals surface area contributed by atoms with Gasteiger partial charge in [0, 0.05) is 20.1 Å². The lowest BCUT2D eigenvalue weighted by atomic mass is 10.3. The highest BCUT2D eigenvalue weighted by atomic mass is 16.4. The number of anilines is 2. The molecule has 0 unspecified atom stereocenters. The zero-order valence-electron chi connectivity index (χ0n) is 11.3. The van der Waals surface area contributed by atoms with E-state index >= 15 is 0 Å². The molecule has 0 radical (unpaired) electrons. The molecule has 102 valence electrons. The number of nitrogen functional groups attached to an aromatic ring is 1. The van der Waals surface area contributed by atoms with Crippen molar-refractivity contribution in [3.8, 4) is 0 Å². The number of likely N-dealkylation sites (N-methyl/N-ethyl adjacent to an activating group) is 1. The van der Waals surface area contributed by atoms with Gasteiger partial charge in [-0.2, -0.15) is 4.98 Å². The predicted octanol–water partition coefficient (Wildman–Crippen LogP) is 1.94. The average molecular weight is 260 g/mol. The second kappa shape index (κ2) is 5.09. The Labute approximate surface area is 113 Å². The molecule has 0 spiro atoms. The Morgan fingerprint density at radius 2 is 2.16 bits per heavy atom. The molecule has 1 fully saturated rings. The molecular weight excluding hydrogens is 240 g/mol. The van der Waals surface area contributed by atoms with Crippen molar-refractivity contribution in [2.24, 2.45) is 0 Å². The van der Waals surface area contributed by atoms with Crippen molar-refractivity contribution >= 4 is 22.8 Å². The van der Waals surface area contributed by atoms with Gasteiger partial charge in [0.15, 0.2) is 5.58 Å². The first-order chi connectivity index (χ1) is 9.24. The molecule has 0 atom stereocenters. The van der Waals surface area contributed by atoms with Gasteiger partial charge in [-0.15, -0.1) is 0 Å². The molecule has 0 saturated carbocycles. The molecule has 2 N–H and O–H groups in total. The lowest BCUT2D eigenvalue weighted by molar-refractivity contribution is 0.344. The number of rotatable bonds is 4. The average Bonchev–Trinajstić information content (AvgIpc) is 3.05. The fraction of sp³-hybridized carbons (Fsp3) is 0.500. The number of para-hydroxylation sites is 1. The van der Waals surface area contributed by atoms with Crippen LogP contribution in [0.3, 0.4) is 0 Å². The summed E-state index contributed by atoms with van der Waals surface area (Å²) in [4.78, 5) is 9.01. The van der Waals surface area contributed by atoms with Crippen LogP contribution in [0.4, 0.5) is 11.7 Å². The smallest absolute Gasteiger partial charge is 0.298 e. The van der Waals surface area contributed by atoms with Gasteiger partial charge in [-0.05, 0) is 38.1 Å². The first-order valence-electron chi connectivity index (χ1n) is 6.82. The summed E-state index contributed by atoms with van der Waals surface area (Å²) in [6, 6.07) is 6.28. The molecule has 1 aliphatic heterocycles. The van der Waals surface area contributed by atoms with Crippen molar-refractivity contribution in [3.63, 3.8) is 0 Å². The molecule has 1 saturated heterocycles. The third-order valence-electron chi connectivity index (χ3n) is 3.72. The topological polar surface area (TPSA) is 58.5 Å². The number of hydrogen-bond acceptors (Lipinski definition) is 5. The largest absolute Gasteiger partial charge is 0.423 e. The van der Waals surface area contributed by atoms with Crippen LogP contribution in [0.1, 0.15) is 12.8 Å². The highest BCUT2D eigenvalue weighted by molar-refractivity contribution is 5.86. The highest BCUT2D eigenvalue weighted by Gasteiger charge is 2.15. The van der Waals surface area contributed by atoms with Crippen LogP contribution in [0.15, 0.2) is 22.6 Å². The molecule has 0 aliphatic carbocycles. The number of likely N-dealkylation sites (tertiary alicyclic amines) is 1. The summed E-state index contributed by atoms with van der Waals surface area (Å²) < 4.78 is 5.74. The van der Waals surface area contributed by atoms with Gasteiger partial charge in [-0.3, -0.25) is 0 Å². The van der Waals surface area contributed by atoms with E-state index in [2.05, 4.69) is 14.8 Å². The number of aromatic nitrogens is 1. The van der Waals surface area contributed by atoms with Crippen LogP contribution in [-0.2, 0) is 0 Å². The number of nitrogens with two attached hydrogens (primary N) is 1. The Morgan fingerprint density at radius 1 is 1.37 bits per heavy atom. The van der Waals surface area contributed by atoms with Crippen molar-refractivity contribution < 1.29 is 4.42 Å². The van der Waals surface area contributed by atoms with Crippen molar-refractivity contribution in [1.29, 1.82) is 0 Å². The molecule has 5 heteroatoms. The second-order valence-corrected chi connectivity index (χ2v) is 5.16. The summed E-state index contributed by atoms with van der Waals surface area (Å²) >= 11 is 0. The first-order valence-corrected chi connectivity index (χ1v) is 6.82. The lowest BCUT2D eigenvalue weighted by Gasteiger charge is -2.19. The standard InChI is InChI=1S/C14H20N4O/c1-17(9-10-18-7-2-3-8-18)14-16-13-11(15)5-4-6-12(13)19-14/h4-6H,2-3,7-10,15H2,1H3. The second-order valence-electron chi connectivity index (χ2n) is 5.16. The van der Waals surface area contributed by atoms with Gasteiger partial charge >= 0.3 is 0 Å². The molecule has 1 aliphatic rings. The molecule has 1 aromatic heterocycles. The van der Waals surface area contributed by atoms with Gasteiger partial charge in [-0.25, -0.2) is 0 Å². The van der Waals surface area contributed by atoms with Crippen LogP contribution in [0.2, 0.25) is 0 Å². The minimum Gasteiger partial charge on any atom is -0.423 e. The molecular formula is C14H20N4O. The normalized spacial score (nSPS) is 16.3. The summed E-state index contributed by atoms with van der Waals surface area (Å²) in [6.07, 6.45) is 2.65. The van der Waals surface area contributed by atoms with Gasteiger partial charge in [0.2, 0.25) is 0 Å². The fourth-order valence-corrected chi connectivity index (χ4v) is 2.51. The van der Waals surface area contributed by atoms with Crippen LogP contribution in [-0.4, -0.2) is 43.1 Å². The number of oxazole rings is 1. The zero-order valence-corrected chi connectivity index (χ0v) is 11.3. The van der Waals surface area contributed by atoms with Crippen LogP contribution in [0.5, 0.6) is 0 Å². The molecule has 19 heavy (non-hydrogen) atoms. The minimum absolute atomic E-state index is 0.645. The maximum absolute atomic E-state index is 5.89. The van der Waals surface area contributed by atoms with Crippen LogP contribution < -0.4 is 10.6 Å². The van der Waals surface area contributed by atoms with Crippen LogP contribution >= 0.6 is 0 Å². The van der Waals surface area contributed by atoms with Gasteiger partial charge in [0.1, 0.15) is 5.52 Å². The zero-order chi connectivity index (χ0) is 13.2. The molecule has 3 rings (SSSR count). The summed E-state index contributed by atoms with van der Waals surface area (Å²) in [5, 5.41) is 0. The van der Waals surface area contributed by atoms with Gasteiger partial charge in [0.05, 0.1) is 5.69 Å². The Kier molecular flexibility index (Phi) is 3.29. The van der Waals surface area contributed by atoms with E-state index in [9.17, 15) is 0 Å². The maximum atomic E-state index is 5.89. The molecule has 1 aromatic carbocycles. The maximum Gasteiger partial charge on any atom is 0.298 e. The van der Waals surface area contributed by atoms with E-state index in [1.807, 2.05) is 25.2 Å². The number of nitrogens with zero attached hydrogens (tertiary/aromatic N) is 3. The molecule has 2 heterocycles. The lowest BCUT2D eigenvalue weighted by Crippen LogP contribution is -2.31. The molecule has 2 aromatic rings. The number of benzene rings is 1. The predicted molar refractivity (Wildman–Crippen MR) is 77.4 cm³/mol. The summed E-state index contributed by atoms with van der Waals surface area (Å²) in [5.74, 6) is 0. The minimum atomic E-state index is 0.645. The number of fused-ring (bicyclic) bond motifs is 1. The fourth-order valence-electron chi connectivity index (χ4n) is 2.51. The van der Waals surface area contributed by atoms with E-state index in [0.29, 0.717) is 11.7 Å². The van der Waals surface area contributed by atoms with Gasteiger partial charge < -0.3 is 20.0 Å². The third kappa shape index (κ3) is 2.51. The van der Waals surface area contributed by atoms with E-state index in [0.717, 1.165) is 24.2 Å². The van der Waals surface area contributed by atoms with Crippen molar-refractivity contribution in [2.75, 3.05) is 43.9 Å². The highest BCUT2D eigenvalue weighted by Crippen LogP contribution is 2.25. The van der Waals surface area contributed by atoms with Gasteiger partial charge in [0.25, 0.3) is 6.01 Å². The summed E-state index contributed by atoms with van der Waals surface area (Å²) in [5.41, 5.74) is 8.07. The number of hydrogen-bond donors (Lipinski definition) is 1. The summed E-state index contributed by atoms with van der Waals surface area (Å²) in [7, 11) is 2.01. The van der Waals surface area contributed by atoms with E-state index in [1.165, 1.54) is 25.9 Å². The third-order valence-corrected chi connectivity index (χ3v) is 3.72. The van der Waals surface area contributed by atoms with Crippen molar-refractivity contribution in [1.82, 2.24) is 9.88 Å². The molecule has 5 nitrogen and oxygen atoms in total. The Hall–Kier alpha value is -1.75. The van der Waals surface area contributed by atoms with E-state index in [1.54, 1.807) is 0 Å². The van der Waals surface area contributed by atoms with E-state index in [4.69, 9.17) is 10.2 Å². The SMILES string of the molecule is CN(CCN1CCCC1)c1nc2c(N)cccc2o1. The Balaban J connectivity index is 1.70.